The fourth-order valence-electron chi connectivity index (χ4n) is 2.54. The summed E-state index contributed by atoms with van der Waals surface area (Å²) in [7, 11) is 0. The molecule has 0 atom stereocenters. The average molecular weight is 242 g/mol. The van der Waals surface area contributed by atoms with Crippen LogP contribution in [0.25, 0.3) is 0 Å². The van der Waals surface area contributed by atoms with Crippen LogP contribution in [-0.4, -0.2) is 11.1 Å². The van der Waals surface area contributed by atoms with E-state index in [1.807, 2.05) is 0 Å². The Morgan fingerprint density at radius 2 is 1.47 bits per heavy atom. The molecule has 0 aliphatic heterocycles. The van der Waals surface area contributed by atoms with Gasteiger partial charge in [0.25, 0.3) is 0 Å². The molecule has 0 saturated heterocycles. The molecule has 2 nitrogen and oxygen atoms in total. The first kappa shape index (κ1) is 16.5. The SMILES string of the molecule is CCCCCCCCC(CC)(CC)CC(=O)O. The van der Waals surface area contributed by atoms with Crippen molar-refractivity contribution in [2.75, 3.05) is 0 Å². The zero-order chi connectivity index (χ0) is 13.1. The van der Waals surface area contributed by atoms with Crippen molar-refractivity contribution in [2.24, 2.45) is 5.41 Å². The zero-order valence-corrected chi connectivity index (χ0v) is 11.9. The van der Waals surface area contributed by atoms with E-state index in [0.717, 1.165) is 19.3 Å². The van der Waals surface area contributed by atoms with Crippen molar-refractivity contribution in [3.63, 3.8) is 0 Å². The van der Waals surface area contributed by atoms with Gasteiger partial charge in [0.2, 0.25) is 0 Å². The van der Waals surface area contributed by atoms with Crippen molar-refractivity contribution in [2.45, 2.75) is 85.0 Å². The molecule has 0 aliphatic rings. The van der Waals surface area contributed by atoms with Crippen LogP contribution in [0.1, 0.15) is 85.0 Å². The third kappa shape index (κ3) is 7.40. The molecule has 0 rings (SSSR count). The number of unbranched alkanes of at least 4 members (excludes halogenated alkanes) is 5. The van der Waals surface area contributed by atoms with Gasteiger partial charge < -0.3 is 5.11 Å². The van der Waals surface area contributed by atoms with Crippen molar-refractivity contribution in [3.05, 3.63) is 0 Å². The van der Waals surface area contributed by atoms with Gasteiger partial charge in [-0.1, -0.05) is 59.3 Å². The van der Waals surface area contributed by atoms with Gasteiger partial charge in [0.15, 0.2) is 0 Å². The monoisotopic (exact) mass is 242 g/mol. The second-order valence-electron chi connectivity index (χ2n) is 5.30. The number of aliphatic carboxylic acids is 1. The van der Waals surface area contributed by atoms with E-state index in [1.54, 1.807) is 0 Å². The number of hydrogen-bond donors (Lipinski definition) is 1. The smallest absolute Gasteiger partial charge is 0.303 e. The lowest BCUT2D eigenvalue weighted by molar-refractivity contribution is -0.140. The Labute approximate surface area is 107 Å². The number of carboxylic acid groups (broad SMARTS) is 1. The standard InChI is InChI=1S/C15H30O2/c1-4-7-8-9-10-11-12-15(5-2,6-3)13-14(16)17/h4-13H2,1-3H3,(H,16,17). The van der Waals surface area contributed by atoms with Crippen LogP contribution >= 0.6 is 0 Å². The molecule has 0 heterocycles. The molecule has 0 aromatic carbocycles. The van der Waals surface area contributed by atoms with Crippen LogP contribution < -0.4 is 0 Å². The van der Waals surface area contributed by atoms with E-state index in [2.05, 4.69) is 20.8 Å². The molecule has 2 heteroatoms. The van der Waals surface area contributed by atoms with Crippen molar-refractivity contribution in [1.29, 1.82) is 0 Å². The first-order valence-corrected chi connectivity index (χ1v) is 7.32. The number of carboxylic acids is 1. The fraction of sp³-hybridized carbons (Fsp3) is 0.933. The predicted octanol–water partition coefficient (Wildman–Crippen LogP) is 5.02. The minimum absolute atomic E-state index is 0.0522. The van der Waals surface area contributed by atoms with Crippen LogP contribution in [0.3, 0.4) is 0 Å². The Morgan fingerprint density at radius 1 is 0.941 bits per heavy atom. The maximum Gasteiger partial charge on any atom is 0.303 e. The summed E-state index contributed by atoms with van der Waals surface area (Å²) in [5, 5.41) is 8.98. The van der Waals surface area contributed by atoms with Gasteiger partial charge >= 0.3 is 5.97 Å². The number of rotatable bonds is 11. The van der Waals surface area contributed by atoms with Gasteiger partial charge in [-0.05, 0) is 24.7 Å². The molecule has 0 saturated carbocycles. The van der Waals surface area contributed by atoms with Crippen LogP contribution in [0.15, 0.2) is 0 Å². The molecule has 17 heavy (non-hydrogen) atoms. The molecule has 0 radical (unpaired) electrons. The van der Waals surface area contributed by atoms with E-state index in [4.69, 9.17) is 5.11 Å². The largest absolute Gasteiger partial charge is 0.481 e. The summed E-state index contributed by atoms with van der Waals surface area (Å²) in [5.41, 5.74) is 0.0522. The highest BCUT2D eigenvalue weighted by Crippen LogP contribution is 2.36. The molecule has 0 unspecified atom stereocenters. The molecule has 0 spiro atoms. The first-order chi connectivity index (χ1) is 8.10. The first-order valence-electron chi connectivity index (χ1n) is 7.32. The summed E-state index contributed by atoms with van der Waals surface area (Å²) in [4.78, 5) is 10.9. The minimum atomic E-state index is -0.639. The molecule has 0 bridgehead atoms. The lowest BCUT2D eigenvalue weighted by atomic mass is 9.75. The predicted molar refractivity (Wildman–Crippen MR) is 73.3 cm³/mol. The molecular formula is C15H30O2. The third-order valence-corrected chi connectivity index (χ3v) is 4.09. The summed E-state index contributed by atoms with van der Waals surface area (Å²) in [6, 6.07) is 0. The fourth-order valence-corrected chi connectivity index (χ4v) is 2.54. The summed E-state index contributed by atoms with van der Waals surface area (Å²) >= 11 is 0. The van der Waals surface area contributed by atoms with E-state index < -0.39 is 5.97 Å². The topological polar surface area (TPSA) is 37.3 Å². The molecular weight excluding hydrogens is 212 g/mol. The highest BCUT2D eigenvalue weighted by atomic mass is 16.4. The van der Waals surface area contributed by atoms with E-state index >= 15 is 0 Å². The van der Waals surface area contributed by atoms with E-state index in [0.29, 0.717) is 6.42 Å². The lowest BCUT2D eigenvalue weighted by Gasteiger charge is -2.30. The van der Waals surface area contributed by atoms with Gasteiger partial charge in [0.1, 0.15) is 0 Å². The number of hydrogen-bond acceptors (Lipinski definition) is 1. The maximum atomic E-state index is 10.9. The van der Waals surface area contributed by atoms with Crippen LogP contribution in [-0.2, 0) is 4.79 Å². The summed E-state index contributed by atoms with van der Waals surface area (Å²) in [6.07, 6.45) is 11.1. The highest BCUT2D eigenvalue weighted by Gasteiger charge is 2.28. The van der Waals surface area contributed by atoms with Crippen molar-refractivity contribution in [3.8, 4) is 0 Å². The molecule has 0 amide bonds. The highest BCUT2D eigenvalue weighted by molar-refractivity contribution is 5.67. The summed E-state index contributed by atoms with van der Waals surface area (Å²) < 4.78 is 0. The Balaban J connectivity index is 3.88. The molecule has 102 valence electrons. The van der Waals surface area contributed by atoms with Crippen LogP contribution in [0.4, 0.5) is 0 Å². The van der Waals surface area contributed by atoms with Gasteiger partial charge in [-0.15, -0.1) is 0 Å². The Hall–Kier alpha value is -0.530. The quantitative estimate of drug-likeness (QED) is 0.517. The maximum absolute atomic E-state index is 10.9. The van der Waals surface area contributed by atoms with Gasteiger partial charge in [0.05, 0.1) is 6.42 Å². The second kappa shape index (κ2) is 9.49. The van der Waals surface area contributed by atoms with E-state index in [-0.39, 0.29) is 5.41 Å². The van der Waals surface area contributed by atoms with Gasteiger partial charge in [0, 0.05) is 0 Å². The molecule has 1 N–H and O–H groups in total. The molecule has 0 fully saturated rings. The zero-order valence-electron chi connectivity index (χ0n) is 11.9. The Kier molecular flexibility index (Phi) is 9.20. The number of carbonyl (C=O) groups is 1. The molecule has 0 aromatic heterocycles. The summed E-state index contributed by atoms with van der Waals surface area (Å²) in [6.45, 7) is 6.49. The van der Waals surface area contributed by atoms with Gasteiger partial charge in [-0.3, -0.25) is 4.79 Å². The Bertz CT molecular complexity index is 195. The van der Waals surface area contributed by atoms with Crippen LogP contribution in [0.2, 0.25) is 0 Å². The third-order valence-electron chi connectivity index (χ3n) is 4.09. The van der Waals surface area contributed by atoms with Gasteiger partial charge in [-0.2, -0.15) is 0 Å². The molecule has 0 aliphatic carbocycles. The summed E-state index contributed by atoms with van der Waals surface area (Å²) in [5.74, 6) is -0.639. The molecule has 0 aromatic rings. The Morgan fingerprint density at radius 3 is 1.94 bits per heavy atom. The van der Waals surface area contributed by atoms with Crippen molar-refractivity contribution in [1.82, 2.24) is 0 Å². The average Bonchev–Trinajstić information content (AvgIpc) is 2.31. The second-order valence-corrected chi connectivity index (χ2v) is 5.30. The van der Waals surface area contributed by atoms with Crippen molar-refractivity contribution >= 4 is 5.97 Å². The van der Waals surface area contributed by atoms with E-state index in [9.17, 15) is 4.79 Å². The van der Waals surface area contributed by atoms with Gasteiger partial charge in [-0.25, -0.2) is 0 Å². The lowest BCUT2D eigenvalue weighted by Crippen LogP contribution is -2.23. The van der Waals surface area contributed by atoms with Crippen LogP contribution in [0, 0.1) is 5.41 Å². The minimum Gasteiger partial charge on any atom is -0.481 e. The van der Waals surface area contributed by atoms with Crippen molar-refractivity contribution < 1.29 is 9.90 Å². The van der Waals surface area contributed by atoms with Crippen LogP contribution in [0.5, 0.6) is 0 Å². The van der Waals surface area contributed by atoms with E-state index in [1.165, 1.54) is 38.5 Å². The normalized spacial score (nSPS) is 11.7.